The molecule has 1 aliphatic heterocycles. The third-order valence-electron chi connectivity index (χ3n) is 4.72. The number of hydrogen-bond acceptors (Lipinski definition) is 6. The summed E-state index contributed by atoms with van der Waals surface area (Å²) in [5.41, 5.74) is 1.54. The van der Waals surface area contributed by atoms with Crippen molar-refractivity contribution in [2.24, 2.45) is 0 Å². The molecule has 33 heavy (non-hydrogen) atoms. The van der Waals surface area contributed by atoms with E-state index in [-0.39, 0.29) is 22.2 Å². The summed E-state index contributed by atoms with van der Waals surface area (Å²) in [4.78, 5) is 43.8. The van der Waals surface area contributed by atoms with Crippen LogP contribution in [0, 0.1) is 0 Å². The van der Waals surface area contributed by atoms with Crippen molar-refractivity contribution in [3.05, 3.63) is 94.6 Å². The van der Waals surface area contributed by atoms with Crippen molar-refractivity contribution >= 4 is 70.1 Å². The number of halogens is 1. The fraction of sp³-hybridized carbons (Fsp3) is 0.0417. The molecular weight excluding hydrogens is 478 g/mol. The third-order valence-corrected chi connectivity index (χ3v) is 6.28. The van der Waals surface area contributed by atoms with Gasteiger partial charge in [0.1, 0.15) is 10.6 Å². The first-order valence-corrected chi connectivity index (χ1v) is 11.5. The maximum atomic E-state index is 13.2. The number of nitrogens with zero attached hydrogens (tertiary/aromatic N) is 2. The van der Waals surface area contributed by atoms with E-state index >= 15 is 0 Å². The van der Waals surface area contributed by atoms with Crippen LogP contribution in [0.15, 0.2) is 83.5 Å². The zero-order valence-corrected chi connectivity index (χ0v) is 19.4. The molecule has 2 aromatic carbocycles. The van der Waals surface area contributed by atoms with Crippen molar-refractivity contribution in [3.8, 4) is 0 Å². The summed E-state index contributed by atoms with van der Waals surface area (Å²) in [5, 5.41) is 3.57. The minimum absolute atomic E-state index is 0.0151. The summed E-state index contributed by atoms with van der Waals surface area (Å²) < 4.78 is 0. The van der Waals surface area contributed by atoms with Crippen LogP contribution in [0.25, 0.3) is 6.08 Å². The molecule has 1 saturated heterocycles. The number of anilines is 1. The summed E-state index contributed by atoms with van der Waals surface area (Å²) in [6.07, 6.45) is 3.06. The lowest BCUT2D eigenvalue weighted by Gasteiger charge is -2.29. The SMILES string of the molecule is O=C1NC(=S)N(c2ccc(Cl)cc2)C(=O)C1=Cc1cccnc1SCC(=O)c1ccccc1. The number of rotatable bonds is 6. The van der Waals surface area contributed by atoms with Crippen LogP contribution in [-0.2, 0) is 9.59 Å². The number of ketones is 1. The first-order chi connectivity index (χ1) is 15.9. The topological polar surface area (TPSA) is 79.4 Å². The van der Waals surface area contributed by atoms with Gasteiger partial charge in [-0.15, -0.1) is 0 Å². The van der Waals surface area contributed by atoms with E-state index in [4.69, 9.17) is 23.8 Å². The van der Waals surface area contributed by atoms with Gasteiger partial charge in [-0.1, -0.05) is 59.8 Å². The van der Waals surface area contributed by atoms with Gasteiger partial charge in [-0.25, -0.2) is 4.98 Å². The Hall–Kier alpha value is -3.33. The number of Topliss-reactive ketones (excluding diaryl/α,β-unsaturated/α-hetero) is 1. The van der Waals surface area contributed by atoms with Crippen molar-refractivity contribution in [1.82, 2.24) is 10.3 Å². The zero-order valence-electron chi connectivity index (χ0n) is 17.0. The average Bonchev–Trinajstić information content (AvgIpc) is 2.82. The van der Waals surface area contributed by atoms with E-state index in [2.05, 4.69) is 10.3 Å². The molecule has 2 amide bonds. The number of benzene rings is 2. The van der Waals surface area contributed by atoms with Crippen LogP contribution in [-0.4, -0.2) is 33.4 Å². The lowest BCUT2D eigenvalue weighted by Crippen LogP contribution is -2.54. The van der Waals surface area contributed by atoms with E-state index in [1.165, 1.54) is 22.7 Å². The van der Waals surface area contributed by atoms with E-state index < -0.39 is 11.8 Å². The number of thioether (sulfide) groups is 1. The van der Waals surface area contributed by atoms with Gasteiger partial charge < -0.3 is 0 Å². The van der Waals surface area contributed by atoms with Gasteiger partial charge in [0.25, 0.3) is 11.8 Å². The predicted molar refractivity (Wildman–Crippen MR) is 133 cm³/mol. The third kappa shape index (κ3) is 5.19. The predicted octanol–water partition coefficient (Wildman–Crippen LogP) is 4.54. The second-order valence-corrected chi connectivity index (χ2v) is 8.70. The largest absolute Gasteiger partial charge is 0.298 e. The molecule has 9 heteroatoms. The number of nitrogens with one attached hydrogen (secondary N) is 1. The molecule has 1 N–H and O–H groups in total. The lowest BCUT2D eigenvalue weighted by molar-refractivity contribution is -0.122. The lowest BCUT2D eigenvalue weighted by atomic mass is 10.1. The van der Waals surface area contributed by atoms with Gasteiger partial charge in [0.2, 0.25) is 0 Å². The van der Waals surface area contributed by atoms with Crippen molar-refractivity contribution in [3.63, 3.8) is 0 Å². The fourth-order valence-corrected chi connectivity index (χ4v) is 4.38. The van der Waals surface area contributed by atoms with Crippen molar-refractivity contribution < 1.29 is 14.4 Å². The Bertz CT molecular complexity index is 1280. The summed E-state index contributed by atoms with van der Waals surface area (Å²) in [5.74, 6) is -1.05. The van der Waals surface area contributed by atoms with Crippen molar-refractivity contribution in [2.75, 3.05) is 10.7 Å². The standard InChI is InChI=1S/C24H16ClN3O3S2/c25-17-8-10-18(11-9-17)28-23(31)19(21(30)27-24(28)32)13-16-7-4-12-26-22(16)33-14-20(29)15-5-2-1-3-6-15/h1-13H,14H2,(H,27,30,32). The molecule has 164 valence electrons. The highest BCUT2D eigenvalue weighted by molar-refractivity contribution is 8.00. The maximum Gasteiger partial charge on any atom is 0.270 e. The highest BCUT2D eigenvalue weighted by Gasteiger charge is 2.34. The molecule has 1 aromatic heterocycles. The van der Waals surface area contributed by atoms with E-state index in [0.717, 1.165) is 0 Å². The number of hydrogen-bond donors (Lipinski definition) is 1. The number of amides is 2. The Morgan fingerprint density at radius 1 is 1.06 bits per heavy atom. The molecule has 0 spiro atoms. The minimum Gasteiger partial charge on any atom is -0.298 e. The van der Waals surface area contributed by atoms with Gasteiger partial charge in [0.15, 0.2) is 10.9 Å². The second kappa shape index (κ2) is 10.1. The molecule has 2 heterocycles. The number of aromatic nitrogens is 1. The quantitative estimate of drug-likeness (QED) is 0.178. The molecule has 4 rings (SSSR count). The fourth-order valence-electron chi connectivity index (χ4n) is 3.11. The molecule has 0 bridgehead atoms. The van der Waals surface area contributed by atoms with Crippen LogP contribution in [0.5, 0.6) is 0 Å². The average molecular weight is 494 g/mol. The Kier molecular flexibility index (Phi) is 6.98. The van der Waals surface area contributed by atoms with Gasteiger partial charge in [0.05, 0.1) is 11.4 Å². The Morgan fingerprint density at radius 3 is 2.52 bits per heavy atom. The summed E-state index contributed by atoms with van der Waals surface area (Å²) in [6, 6.07) is 18.9. The smallest absolute Gasteiger partial charge is 0.270 e. The molecule has 0 saturated carbocycles. The van der Waals surface area contributed by atoms with Gasteiger partial charge in [-0.3, -0.25) is 24.6 Å². The van der Waals surface area contributed by atoms with E-state index in [0.29, 0.717) is 26.9 Å². The van der Waals surface area contributed by atoms with Crippen molar-refractivity contribution in [1.29, 1.82) is 0 Å². The van der Waals surface area contributed by atoms with Crippen molar-refractivity contribution in [2.45, 2.75) is 5.03 Å². The zero-order chi connectivity index (χ0) is 23.4. The van der Waals surface area contributed by atoms with E-state index in [1.807, 2.05) is 6.07 Å². The molecule has 0 atom stereocenters. The second-order valence-electron chi connectivity index (χ2n) is 6.91. The van der Waals surface area contributed by atoms with Gasteiger partial charge >= 0.3 is 0 Å². The number of pyridine rings is 1. The highest BCUT2D eigenvalue weighted by Crippen LogP contribution is 2.27. The Morgan fingerprint density at radius 2 is 1.79 bits per heavy atom. The summed E-state index contributed by atoms with van der Waals surface area (Å²) >= 11 is 12.4. The molecule has 0 unspecified atom stereocenters. The molecular formula is C24H16ClN3O3S2. The van der Waals surface area contributed by atoms with Crippen LogP contribution in [0.3, 0.4) is 0 Å². The van der Waals surface area contributed by atoms with Crippen LogP contribution >= 0.6 is 35.6 Å². The molecule has 3 aromatic rings. The van der Waals surface area contributed by atoms with Gasteiger partial charge in [0, 0.05) is 22.3 Å². The number of carbonyl (C=O) groups excluding carboxylic acids is 3. The van der Waals surface area contributed by atoms with Crippen LogP contribution in [0.1, 0.15) is 15.9 Å². The van der Waals surface area contributed by atoms with Crippen LogP contribution < -0.4 is 10.2 Å². The van der Waals surface area contributed by atoms with Crippen LogP contribution in [0.4, 0.5) is 5.69 Å². The van der Waals surface area contributed by atoms with Gasteiger partial charge in [-0.2, -0.15) is 0 Å². The number of carbonyl (C=O) groups is 3. The molecule has 0 aliphatic carbocycles. The monoisotopic (exact) mass is 493 g/mol. The normalized spacial score (nSPS) is 15.0. The highest BCUT2D eigenvalue weighted by atomic mass is 35.5. The summed E-state index contributed by atoms with van der Waals surface area (Å²) in [6.45, 7) is 0. The summed E-state index contributed by atoms with van der Waals surface area (Å²) in [7, 11) is 0. The van der Waals surface area contributed by atoms with E-state index in [9.17, 15) is 14.4 Å². The Balaban J connectivity index is 1.60. The van der Waals surface area contributed by atoms with Crippen LogP contribution in [0.2, 0.25) is 5.02 Å². The van der Waals surface area contributed by atoms with Gasteiger partial charge in [-0.05, 0) is 48.6 Å². The molecule has 1 fully saturated rings. The molecule has 1 aliphatic rings. The van der Waals surface area contributed by atoms with E-state index in [1.54, 1.807) is 66.9 Å². The molecule has 0 radical (unpaired) electrons. The first-order valence-electron chi connectivity index (χ1n) is 9.77. The number of thiocarbonyl (C=S) groups is 1. The molecule has 6 nitrogen and oxygen atoms in total. The first kappa shape index (κ1) is 22.8. The Labute approximate surface area is 204 Å². The maximum absolute atomic E-state index is 13.2. The minimum atomic E-state index is -0.602.